The Kier molecular flexibility index (Phi) is 5.01. The molecule has 0 bridgehead atoms. The molecule has 2 aliphatic carbocycles. The topological polar surface area (TPSA) is 67.5 Å². The van der Waals surface area contributed by atoms with E-state index in [1.807, 2.05) is 0 Å². The molecule has 0 amide bonds. The second-order valence-electron chi connectivity index (χ2n) is 6.38. The van der Waals surface area contributed by atoms with Gasteiger partial charge in [-0.05, 0) is 50.4 Å². The molecule has 0 aromatic carbocycles. The third-order valence-corrected chi connectivity index (χ3v) is 4.64. The molecule has 0 radical (unpaired) electrons. The maximum atomic E-state index is 9.70. The highest BCUT2D eigenvalue weighted by Crippen LogP contribution is 2.27. The van der Waals surface area contributed by atoms with Crippen molar-refractivity contribution < 1.29 is 9.94 Å². The zero-order valence-electron chi connectivity index (χ0n) is 11.6. The molecule has 0 saturated heterocycles. The minimum atomic E-state index is -0.130. The lowest BCUT2D eigenvalue weighted by Gasteiger charge is -2.35. The number of hydrogen-bond donors (Lipinski definition) is 3. The predicted molar refractivity (Wildman–Crippen MR) is 71.8 cm³/mol. The van der Waals surface area contributed by atoms with E-state index in [0.29, 0.717) is 30.0 Å². The van der Waals surface area contributed by atoms with Crippen molar-refractivity contribution in [3.63, 3.8) is 0 Å². The Bertz CT molecular complexity index is 262. The average molecular weight is 256 g/mol. The van der Waals surface area contributed by atoms with E-state index in [1.54, 1.807) is 0 Å². The van der Waals surface area contributed by atoms with Crippen molar-refractivity contribution in [1.29, 1.82) is 0 Å². The van der Waals surface area contributed by atoms with Crippen LogP contribution in [0, 0.1) is 11.8 Å². The fourth-order valence-electron chi connectivity index (χ4n) is 3.26. The average Bonchev–Trinajstić information content (AvgIpc) is 2.32. The number of aliphatic hydroxyl groups is 1. The lowest BCUT2D eigenvalue weighted by molar-refractivity contribution is -0.0959. The van der Waals surface area contributed by atoms with Gasteiger partial charge in [-0.15, -0.1) is 0 Å². The lowest BCUT2D eigenvalue weighted by atomic mass is 9.84. The Hall–Kier alpha value is -0.160. The molecule has 4 heteroatoms. The van der Waals surface area contributed by atoms with Gasteiger partial charge < -0.3 is 10.8 Å². The summed E-state index contributed by atoms with van der Waals surface area (Å²) in [5.74, 6) is 0.907. The van der Waals surface area contributed by atoms with Gasteiger partial charge >= 0.3 is 0 Å². The number of hydrogen-bond acceptors (Lipinski definition) is 4. The first-order chi connectivity index (χ1) is 8.56. The van der Waals surface area contributed by atoms with Crippen LogP contribution >= 0.6 is 0 Å². The molecule has 2 fully saturated rings. The van der Waals surface area contributed by atoms with Gasteiger partial charge in [0.2, 0.25) is 0 Å². The molecule has 0 aromatic heterocycles. The standard InChI is InChI=1S/C14H28N2O2/c1-9-8-12(4-5-13(9)17)16-18-14-6-3-11(15)7-10(14)2/h9-14,16-17H,3-8,15H2,1-2H3/t9-,10-,11-,12+,13+,14+/m1/s1. The Balaban J connectivity index is 1.71. The maximum Gasteiger partial charge on any atom is 0.0817 e. The molecule has 2 saturated carbocycles. The maximum absolute atomic E-state index is 9.70. The van der Waals surface area contributed by atoms with Gasteiger partial charge in [0.05, 0.1) is 12.2 Å². The van der Waals surface area contributed by atoms with Crippen LogP contribution in [-0.4, -0.2) is 29.4 Å². The summed E-state index contributed by atoms with van der Waals surface area (Å²) in [4.78, 5) is 5.88. The van der Waals surface area contributed by atoms with Gasteiger partial charge in [-0.1, -0.05) is 13.8 Å². The van der Waals surface area contributed by atoms with Crippen molar-refractivity contribution in [1.82, 2.24) is 5.48 Å². The molecular weight excluding hydrogens is 228 g/mol. The third kappa shape index (κ3) is 3.67. The van der Waals surface area contributed by atoms with Crippen LogP contribution in [0.25, 0.3) is 0 Å². The highest BCUT2D eigenvalue weighted by atomic mass is 16.7. The summed E-state index contributed by atoms with van der Waals surface area (Å²) in [6.07, 6.45) is 6.24. The quantitative estimate of drug-likeness (QED) is 0.671. The summed E-state index contributed by atoms with van der Waals surface area (Å²) >= 11 is 0. The monoisotopic (exact) mass is 256 g/mol. The summed E-state index contributed by atoms with van der Waals surface area (Å²) in [6, 6.07) is 0.746. The fourth-order valence-corrected chi connectivity index (χ4v) is 3.26. The van der Waals surface area contributed by atoms with Crippen LogP contribution in [0.5, 0.6) is 0 Å². The van der Waals surface area contributed by atoms with Crippen LogP contribution in [0.2, 0.25) is 0 Å². The van der Waals surface area contributed by atoms with Crippen molar-refractivity contribution in [2.24, 2.45) is 17.6 Å². The van der Waals surface area contributed by atoms with E-state index in [2.05, 4.69) is 19.3 Å². The number of hydroxylamine groups is 1. The minimum absolute atomic E-state index is 0.130. The molecule has 6 atom stereocenters. The summed E-state index contributed by atoms with van der Waals surface area (Å²) in [5, 5.41) is 9.70. The Morgan fingerprint density at radius 2 is 1.83 bits per heavy atom. The molecule has 106 valence electrons. The largest absolute Gasteiger partial charge is 0.393 e. The molecule has 0 spiro atoms. The van der Waals surface area contributed by atoms with E-state index in [9.17, 15) is 5.11 Å². The van der Waals surface area contributed by atoms with Crippen LogP contribution in [0.15, 0.2) is 0 Å². The van der Waals surface area contributed by atoms with E-state index < -0.39 is 0 Å². The van der Waals surface area contributed by atoms with Crippen LogP contribution in [0.1, 0.15) is 52.4 Å². The van der Waals surface area contributed by atoms with E-state index in [1.165, 1.54) is 0 Å². The summed E-state index contributed by atoms with van der Waals surface area (Å²) in [6.45, 7) is 4.33. The number of rotatable bonds is 3. The summed E-state index contributed by atoms with van der Waals surface area (Å²) in [7, 11) is 0. The van der Waals surface area contributed by atoms with Crippen LogP contribution in [-0.2, 0) is 4.84 Å². The predicted octanol–water partition coefficient (Wildman–Crippen LogP) is 1.57. The smallest absolute Gasteiger partial charge is 0.0817 e. The van der Waals surface area contributed by atoms with Gasteiger partial charge in [0.25, 0.3) is 0 Å². The second kappa shape index (κ2) is 6.33. The van der Waals surface area contributed by atoms with Crippen LogP contribution in [0.3, 0.4) is 0 Å². The first kappa shape index (κ1) is 14.3. The summed E-state index contributed by atoms with van der Waals surface area (Å²) < 4.78 is 0. The molecule has 0 heterocycles. The zero-order valence-corrected chi connectivity index (χ0v) is 11.6. The molecule has 4 N–H and O–H groups in total. The first-order valence-electron chi connectivity index (χ1n) is 7.41. The first-order valence-corrected chi connectivity index (χ1v) is 7.41. The number of aliphatic hydroxyl groups excluding tert-OH is 1. The van der Waals surface area contributed by atoms with Crippen molar-refractivity contribution in [3.05, 3.63) is 0 Å². The highest BCUT2D eigenvalue weighted by molar-refractivity contribution is 4.82. The van der Waals surface area contributed by atoms with Gasteiger partial charge in [-0.25, -0.2) is 0 Å². The van der Waals surface area contributed by atoms with Gasteiger partial charge in [0.15, 0.2) is 0 Å². The summed E-state index contributed by atoms with van der Waals surface area (Å²) in [5.41, 5.74) is 9.19. The van der Waals surface area contributed by atoms with E-state index >= 15 is 0 Å². The Morgan fingerprint density at radius 1 is 1.06 bits per heavy atom. The molecular formula is C14H28N2O2. The molecule has 0 aliphatic heterocycles. The molecule has 0 aromatic rings. The van der Waals surface area contributed by atoms with Crippen LogP contribution < -0.4 is 11.2 Å². The number of nitrogens with one attached hydrogen (secondary N) is 1. The van der Waals surface area contributed by atoms with Gasteiger partial charge in [0, 0.05) is 12.1 Å². The minimum Gasteiger partial charge on any atom is -0.393 e. The van der Waals surface area contributed by atoms with Gasteiger partial charge in [0.1, 0.15) is 0 Å². The van der Waals surface area contributed by atoms with Gasteiger partial charge in [-0.3, -0.25) is 4.84 Å². The van der Waals surface area contributed by atoms with Crippen molar-refractivity contribution in [2.75, 3.05) is 0 Å². The zero-order chi connectivity index (χ0) is 13.1. The Labute approximate surface area is 110 Å². The molecule has 4 nitrogen and oxygen atoms in total. The molecule has 2 rings (SSSR count). The van der Waals surface area contributed by atoms with E-state index in [4.69, 9.17) is 10.6 Å². The van der Waals surface area contributed by atoms with Crippen molar-refractivity contribution >= 4 is 0 Å². The Morgan fingerprint density at radius 3 is 2.50 bits per heavy atom. The molecule has 18 heavy (non-hydrogen) atoms. The van der Waals surface area contributed by atoms with Crippen molar-refractivity contribution in [2.45, 2.75) is 76.7 Å². The second-order valence-corrected chi connectivity index (χ2v) is 6.38. The molecule has 0 unspecified atom stereocenters. The highest BCUT2D eigenvalue weighted by Gasteiger charge is 2.29. The SMILES string of the molecule is C[C@@H]1C[C@H](N)CC[C@@H]1ON[C@H]1CC[C@H](O)[C@H](C)C1. The van der Waals surface area contributed by atoms with Gasteiger partial charge in [-0.2, -0.15) is 5.48 Å². The normalized spacial score (nSPS) is 46.0. The van der Waals surface area contributed by atoms with E-state index in [-0.39, 0.29) is 6.10 Å². The molecule has 2 aliphatic rings. The third-order valence-electron chi connectivity index (χ3n) is 4.64. The lowest BCUT2D eigenvalue weighted by Crippen LogP contribution is -2.44. The van der Waals surface area contributed by atoms with Crippen molar-refractivity contribution in [3.8, 4) is 0 Å². The van der Waals surface area contributed by atoms with Crippen LogP contribution in [0.4, 0.5) is 0 Å². The fraction of sp³-hybridized carbons (Fsp3) is 1.00. The number of nitrogens with two attached hydrogens (primary N) is 1. The van der Waals surface area contributed by atoms with E-state index in [0.717, 1.165) is 38.5 Å².